The molecule has 1 aromatic carbocycles. The summed E-state index contributed by atoms with van der Waals surface area (Å²) in [4.78, 5) is 76.1. The van der Waals surface area contributed by atoms with Crippen LogP contribution in [0.2, 0.25) is 0 Å². The number of hydrogen-bond acceptors (Lipinski definition) is 10. The first kappa shape index (κ1) is 48.1. The number of aromatic amines is 2. The first-order chi connectivity index (χ1) is 33.2. The van der Waals surface area contributed by atoms with Crippen molar-refractivity contribution in [1.82, 2.24) is 40.4 Å². The van der Waals surface area contributed by atoms with Crippen molar-refractivity contribution < 1.29 is 28.7 Å². The van der Waals surface area contributed by atoms with E-state index in [9.17, 15) is 19.2 Å². The Labute approximate surface area is 409 Å². The van der Waals surface area contributed by atoms with Crippen LogP contribution in [0.1, 0.15) is 125 Å². The number of allylic oxidation sites excluding steroid dienone is 6. The number of H-pyrrole nitrogens is 2. The smallest absolute Gasteiger partial charge is 0.407 e. The van der Waals surface area contributed by atoms with Crippen LogP contribution in [0.3, 0.4) is 0 Å². The number of fused-ring (bicyclic) bond motifs is 2. The quantitative estimate of drug-likeness (QED) is 0.122. The highest BCUT2D eigenvalue weighted by molar-refractivity contribution is 7.98. The van der Waals surface area contributed by atoms with Crippen LogP contribution in [0.25, 0.3) is 22.5 Å². The lowest BCUT2D eigenvalue weighted by Crippen LogP contribution is -2.52. The third-order valence-electron chi connectivity index (χ3n) is 15.6. The molecule has 68 heavy (non-hydrogen) atoms. The molecule has 2 saturated heterocycles. The number of thioether (sulfide) groups is 2. The summed E-state index contributed by atoms with van der Waals surface area (Å²) in [5.74, 6) is 3.64. The normalized spacial score (nSPS) is 25.8. The molecule has 0 spiro atoms. The lowest BCUT2D eigenvalue weighted by Gasteiger charge is -2.36. The van der Waals surface area contributed by atoms with Crippen LogP contribution in [0.15, 0.2) is 60.0 Å². The Kier molecular flexibility index (Phi) is 15.4. The van der Waals surface area contributed by atoms with E-state index in [1.165, 1.54) is 30.9 Å². The minimum atomic E-state index is -0.685. The molecule has 14 nitrogen and oxygen atoms in total. The van der Waals surface area contributed by atoms with Gasteiger partial charge in [0, 0.05) is 23.2 Å². The molecular formula is C52H68N8O6S2. The number of methoxy groups -OCH3 is 2. The second-order valence-electron chi connectivity index (χ2n) is 19.5. The summed E-state index contributed by atoms with van der Waals surface area (Å²) < 4.78 is 9.94. The molecule has 2 aliphatic heterocycles. The maximum absolute atomic E-state index is 14.6. The summed E-state index contributed by atoms with van der Waals surface area (Å²) in [5, 5.41) is 5.73. The van der Waals surface area contributed by atoms with Crippen molar-refractivity contribution in [3.8, 4) is 22.5 Å². The standard InChI is InChI=1S/C52H68N8O6S2/c1-65-51(63)57-39(21-23-67-3)49(61)59-43-11-7-5-9-35(43)27-45(59)47-53-29-41(55-47)37-25-34-20-18-32-15-13-31(14-16-32)17-19-33(37)26-38(34)42-30-54-48(56-42)46-28-36-10-6-8-12-44(36)60(46)50(62)40(22-24-68-4)58-52(64)66-2/h13-15,18,25-26,29-30,35-36,39-40,43-46H,5-12,16-17,19-24,27-28H2,1-4H3,(H,53,55)(H,54,56)(H,57,63)(H,58,64)/b32-18-/t35?,36?,39-,40-,43?,44?,45-,46-/m0/s1. The number of nitrogens with zero attached hydrogens (tertiary/aromatic N) is 4. The van der Waals surface area contributed by atoms with Gasteiger partial charge in [-0.1, -0.05) is 55.6 Å². The van der Waals surface area contributed by atoms with E-state index in [0.717, 1.165) is 135 Å². The van der Waals surface area contributed by atoms with Gasteiger partial charge in [0.2, 0.25) is 11.8 Å². The maximum Gasteiger partial charge on any atom is 0.407 e. The minimum Gasteiger partial charge on any atom is -0.453 e. The number of alkyl carbamates (subject to hydrolysis) is 2. The molecule has 4 bridgehead atoms. The number of ether oxygens (including phenoxy) is 2. The fraction of sp³-hybridized carbons (Fsp3) is 0.577. The van der Waals surface area contributed by atoms with E-state index in [-0.39, 0.29) is 36.0 Å². The van der Waals surface area contributed by atoms with Gasteiger partial charge < -0.3 is 39.9 Å². The number of carbonyl (C=O) groups is 4. The average molecular weight is 965 g/mol. The summed E-state index contributed by atoms with van der Waals surface area (Å²) in [6.45, 7) is 0. The van der Waals surface area contributed by atoms with E-state index in [0.29, 0.717) is 31.1 Å². The van der Waals surface area contributed by atoms with Crippen molar-refractivity contribution in [2.75, 3.05) is 38.2 Å². The lowest BCUT2D eigenvalue weighted by atomic mass is 9.84. The molecule has 364 valence electrons. The van der Waals surface area contributed by atoms with E-state index < -0.39 is 24.3 Å². The Morgan fingerprint density at radius 1 is 0.676 bits per heavy atom. The van der Waals surface area contributed by atoms with Crippen molar-refractivity contribution in [3.05, 3.63) is 82.8 Å². The Morgan fingerprint density at radius 3 is 1.66 bits per heavy atom. The van der Waals surface area contributed by atoms with E-state index in [2.05, 4.69) is 66.8 Å². The van der Waals surface area contributed by atoms with Crippen molar-refractivity contribution in [2.45, 2.75) is 139 Å². The molecule has 7 aliphatic carbocycles. The molecule has 8 atom stereocenters. The zero-order chi connectivity index (χ0) is 47.3. The highest BCUT2D eigenvalue weighted by Crippen LogP contribution is 2.48. The van der Waals surface area contributed by atoms with E-state index in [1.807, 2.05) is 24.9 Å². The predicted octanol–water partition coefficient (Wildman–Crippen LogP) is 9.39. The summed E-state index contributed by atoms with van der Waals surface area (Å²) in [6.07, 6.45) is 30.4. The SMILES string of the molecule is COC(=O)N[C@@H](CCSC)C(=O)N1C2CCCCC2C[C@H]1c1ncc(-c2cc3c(-c4cnc([C@@H]5CC6CCCCC6N5C(=O)[C@H](CCSC)NC(=O)OC)[nH]4)cc2C/C=C2/C=CC(=CC2)CC3)[nH]1. The van der Waals surface area contributed by atoms with Crippen LogP contribution in [0, 0.1) is 11.8 Å². The highest BCUT2D eigenvalue weighted by atomic mass is 32.2. The predicted molar refractivity (Wildman–Crippen MR) is 268 cm³/mol. The van der Waals surface area contributed by atoms with Gasteiger partial charge in [0.25, 0.3) is 0 Å². The zero-order valence-electron chi connectivity index (χ0n) is 40.0. The Hall–Kier alpha value is -4.96. The number of amides is 4. The monoisotopic (exact) mass is 964 g/mol. The molecule has 9 aliphatic rings. The molecule has 4 fully saturated rings. The van der Waals surface area contributed by atoms with Crippen molar-refractivity contribution in [2.24, 2.45) is 11.8 Å². The number of nitrogens with one attached hydrogen (secondary N) is 4. The molecule has 4 heterocycles. The topological polar surface area (TPSA) is 175 Å². The van der Waals surface area contributed by atoms with Crippen LogP contribution >= 0.6 is 23.5 Å². The number of carbonyl (C=O) groups excluding carboxylic acids is 4. The van der Waals surface area contributed by atoms with Gasteiger partial charge >= 0.3 is 12.2 Å². The summed E-state index contributed by atoms with van der Waals surface area (Å²) in [5.41, 5.74) is 8.93. The molecule has 0 radical (unpaired) electrons. The average Bonchev–Trinajstić information content (AvgIpc) is 4.19. The molecule has 3 aromatic rings. The van der Waals surface area contributed by atoms with Crippen LogP contribution in [0.4, 0.5) is 9.59 Å². The Morgan fingerprint density at radius 2 is 1.16 bits per heavy atom. The van der Waals surface area contributed by atoms with Gasteiger partial charge in [-0.25, -0.2) is 19.6 Å². The van der Waals surface area contributed by atoms with Crippen LogP contribution in [0.5, 0.6) is 0 Å². The van der Waals surface area contributed by atoms with Crippen LogP contribution in [-0.2, 0) is 31.9 Å². The number of imidazole rings is 2. The molecule has 4 amide bonds. The maximum atomic E-state index is 14.6. The molecule has 2 saturated carbocycles. The van der Waals surface area contributed by atoms with E-state index in [1.54, 1.807) is 23.5 Å². The molecule has 2 aromatic heterocycles. The highest BCUT2D eigenvalue weighted by Gasteiger charge is 2.49. The van der Waals surface area contributed by atoms with Gasteiger partial charge in [-0.15, -0.1) is 0 Å². The second kappa shape index (κ2) is 21.8. The number of aryl methyl sites for hydroxylation is 1. The van der Waals surface area contributed by atoms with Gasteiger partial charge in [0.15, 0.2) is 0 Å². The molecule has 4 N–H and O–H groups in total. The number of rotatable bonds is 14. The largest absolute Gasteiger partial charge is 0.453 e. The number of benzene rings is 1. The van der Waals surface area contributed by atoms with Gasteiger partial charge in [-0.2, -0.15) is 23.5 Å². The fourth-order valence-corrected chi connectivity index (χ4v) is 13.0. The third kappa shape index (κ3) is 10.2. The van der Waals surface area contributed by atoms with Crippen LogP contribution < -0.4 is 10.6 Å². The Bertz CT molecular complexity index is 2430. The van der Waals surface area contributed by atoms with Crippen molar-refractivity contribution in [3.63, 3.8) is 0 Å². The number of likely N-dealkylation sites (tertiary alicyclic amines) is 2. The van der Waals surface area contributed by atoms with Gasteiger partial charge in [-0.3, -0.25) is 9.59 Å². The summed E-state index contributed by atoms with van der Waals surface area (Å²) in [6, 6.07) is 2.98. The molecule has 12 rings (SSSR count). The zero-order valence-corrected chi connectivity index (χ0v) is 41.7. The fourth-order valence-electron chi connectivity index (χ4n) is 12.1. The number of aromatic nitrogens is 4. The number of hydrogen-bond donors (Lipinski definition) is 4. The van der Waals surface area contributed by atoms with Crippen molar-refractivity contribution >= 4 is 47.5 Å². The van der Waals surface area contributed by atoms with E-state index >= 15 is 0 Å². The van der Waals surface area contributed by atoms with Gasteiger partial charge in [0.05, 0.1) is 50.1 Å². The minimum absolute atomic E-state index is 0.0657. The Balaban J connectivity index is 1.06. The molecular weight excluding hydrogens is 897 g/mol. The molecule has 16 heteroatoms. The van der Waals surface area contributed by atoms with Crippen LogP contribution in [-0.4, -0.2) is 116 Å². The second-order valence-corrected chi connectivity index (χ2v) is 21.5. The van der Waals surface area contributed by atoms with Gasteiger partial charge in [-0.05, 0) is 142 Å². The summed E-state index contributed by atoms with van der Waals surface area (Å²) >= 11 is 3.31. The first-order valence-electron chi connectivity index (χ1n) is 24.8. The van der Waals surface area contributed by atoms with E-state index in [4.69, 9.17) is 19.4 Å². The first-order valence-corrected chi connectivity index (χ1v) is 27.6. The third-order valence-corrected chi connectivity index (χ3v) is 16.9. The van der Waals surface area contributed by atoms with Crippen molar-refractivity contribution in [1.29, 1.82) is 0 Å². The summed E-state index contributed by atoms with van der Waals surface area (Å²) in [7, 11) is 2.67. The molecule has 4 unspecified atom stereocenters. The van der Waals surface area contributed by atoms with Gasteiger partial charge in [0.1, 0.15) is 23.7 Å². The lowest BCUT2D eigenvalue weighted by molar-refractivity contribution is -0.138.